The summed E-state index contributed by atoms with van der Waals surface area (Å²) >= 11 is 9.55. The van der Waals surface area contributed by atoms with E-state index in [4.69, 9.17) is 11.6 Å². The Hall–Kier alpha value is -2.89. The van der Waals surface area contributed by atoms with Crippen LogP contribution in [0.5, 0.6) is 0 Å². The lowest BCUT2D eigenvalue weighted by molar-refractivity contribution is -0.113. The van der Waals surface area contributed by atoms with Gasteiger partial charge in [-0.1, -0.05) is 63.4 Å². The molecule has 152 valence electrons. The molecule has 0 aliphatic heterocycles. The number of rotatable bonds is 5. The van der Waals surface area contributed by atoms with Crippen molar-refractivity contribution in [2.75, 3.05) is 5.32 Å². The van der Waals surface area contributed by atoms with Gasteiger partial charge < -0.3 is 10.6 Å². The third kappa shape index (κ3) is 5.59. The standard InChI is InChI=1S/C24H20BrClN2O2/c1-15-6-10-18(11-7-15)23(29)28-22(14-17-8-12-19(25)13-9-17)24(30)27-21-5-3-4-20(26)16(21)2/h3-14H,1-2H3,(H,27,30)(H,28,29). The van der Waals surface area contributed by atoms with Crippen molar-refractivity contribution in [3.63, 3.8) is 0 Å². The van der Waals surface area contributed by atoms with Crippen LogP contribution in [0.1, 0.15) is 27.0 Å². The van der Waals surface area contributed by atoms with E-state index in [-0.39, 0.29) is 11.6 Å². The van der Waals surface area contributed by atoms with E-state index in [1.165, 1.54) is 0 Å². The first-order chi connectivity index (χ1) is 14.3. The van der Waals surface area contributed by atoms with E-state index in [0.29, 0.717) is 16.3 Å². The Balaban J connectivity index is 1.91. The van der Waals surface area contributed by atoms with Crippen molar-refractivity contribution in [2.24, 2.45) is 0 Å². The molecule has 2 amide bonds. The maximum atomic E-state index is 13.0. The molecule has 0 atom stereocenters. The van der Waals surface area contributed by atoms with Gasteiger partial charge in [0.15, 0.2) is 0 Å². The van der Waals surface area contributed by atoms with E-state index in [0.717, 1.165) is 21.2 Å². The summed E-state index contributed by atoms with van der Waals surface area (Å²) in [5, 5.41) is 6.12. The molecule has 0 radical (unpaired) electrons. The van der Waals surface area contributed by atoms with Gasteiger partial charge in [0.2, 0.25) is 0 Å². The van der Waals surface area contributed by atoms with Crippen molar-refractivity contribution < 1.29 is 9.59 Å². The SMILES string of the molecule is Cc1ccc(C(=O)NC(=Cc2ccc(Br)cc2)C(=O)Nc2cccc(Cl)c2C)cc1. The van der Waals surface area contributed by atoms with Gasteiger partial charge in [-0.25, -0.2) is 0 Å². The fraction of sp³-hybridized carbons (Fsp3) is 0.0833. The van der Waals surface area contributed by atoms with Crippen LogP contribution in [0.15, 0.2) is 76.9 Å². The van der Waals surface area contributed by atoms with Crippen LogP contribution < -0.4 is 10.6 Å². The maximum Gasteiger partial charge on any atom is 0.272 e. The largest absolute Gasteiger partial charge is 0.320 e. The number of carbonyl (C=O) groups is 2. The van der Waals surface area contributed by atoms with Gasteiger partial charge in [0.1, 0.15) is 5.70 Å². The Kier molecular flexibility index (Phi) is 7.08. The second-order valence-electron chi connectivity index (χ2n) is 6.80. The Morgan fingerprint density at radius 3 is 2.27 bits per heavy atom. The van der Waals surface area contributed by atoms with Gasteiger partial charge in [0.05, 0.1) is 0 Å². The van der Waals surface area contributed by atoms with Gasteiger partial charge in [-0.3, -0.25) is 9.59 Å². The molecule has 0 bridgehead atoms. The molecule has 0 aromatic heterocycles. The van der Waals surface area contributed by atoms with Gasteiger partial charge in [0, 0.05) is 20.7 Å². The van der Waals surface area contributed by atoms with E-state index in [1.807, 2.05) is 50.2 Å². The molecule has 2 N–H and O–H groups in total. The first-order valence-corrected chi connectivity index (χ1v) is 10.4. The summed E-state index contributed by atoms with van der Waals surface area (Å²) in [5.41, 5.74) is 3.75. The van der Waals surface area contributed by atoms with E-state index in [2.05, 4.69) is 26.6 Å². The Morgan fingerprint density at radius 2 is 1.60 bits per heavy atom. The molecular formula is C24H20BrClN2O2. The summed E-state index contributed by atoms with van der Waals surface area (Å²) in [6.07, 6.45) is 1.63. The first kappa shape index (κ1) is 21.8. The third-order valence-electron chi connectivity index (χ3n) is 4.50. The number of halogens is 2. The van der Waals surface area contributed by atoms with Crippen molar-refractivity contribution in [2.45, 2.75) is 13.8 Å². The van der Waals surface area contributed by atoms with Crippen molar-refractivity contribution in [3.8, 4) is 0 Å². The molecule has 0 unspecified atom stereocenters. The summed E-state index contributed by atoms with van der Waals surface area (Å²) in [4.78, 5) is 25.8. The molecule has 30 heavy (non-hydrogen) atoms. The second kappa shape index (κ2) is 9.74. The van der Waals surface area contributed by atoms with E-state index < -0.39 is 5.91 Å². The van der Waals surface area contributed by atoms with Crippen LogP contribution in [0.3, 0.4) is 0 Å². The average Bonchev–Trinajstić information content (AvgIpc) is 2.73. The molecule has 0 heterocycles. The van der Waals surface area contributed by atoms with Gasteiger partial charge in [0.25, 0.3) is 11.8 Å². The molecule has 6 heteroatoms. The monoisotopic (exact) mass is 482 g/mol. The Morgan fingerprint density at radius 1 is 0.933 bits per heavy atom. The minimum absolute atomic E-state index is 0.127. The Labute approximate surface area is 189 Å². The molecule has 3 aromatic rings. The normalized spacial score (nSPS) is 11.1. The zero-order chi connectivity index (χ0) is 21.7. The molecule has 4 nitrogen and oxygen atoms in total. The van der Waals surface area contributed by atoms with Crippen LogP contribution in [0.25, 0.3) is 6.08 Å². The van der Waals surface area contributed by atoms with Crippen LogP contribution in [-0.4, -0.2) is 11.8 Å². The van der Waals surface area contributed by atoms with Crippen molar-refractivity contribution in [1.82, 2.24) is 5.32 Å². The summed E-state index contributed by atoms with van der Waals surface area (Å²) in [5.74, 6) is -0.805. The molecule has 0 saturated carbocycles. The number of anilines is 1. The highest BCUT2D eigenvalue weighted by Gasteiger charge is 2.16. The highest BCUT2D eigenvalue weighted by Crippen LogP contribution is 2.23. The molecule has 0 aliphatic carbocycles. The molecule has 0 aliphatic rings. The van der Waals surface area contributed by atoms with Crippen LogP contribution in [0.4, 0.5) is 5.69 Å². The predicted octanol–water partition coefficient (Wildman–Crippen LogP) is 6.13. The summed E-state index contributed by atoms with van der Waals surface area (Å²) in [7, 11) is 0. The van der Waals surface area contributed by atoms with Gasteiger partial charge in [-0.05, 0) is 67.4 Å². The minimum atomic E-state index is -0.441. The highest BCUT2D eigenvalue weighted by molar-refractivity contribution is 9.10. The lowest BCUT2D eigenvalue weighted by Gasteiger charge is -2.13. The zero-order valence-corrected chi connectivity index (χ0v) is 18.8. The van der Waals surface area contributed by atoms with E-state index in [1.54, 1.807) is 36.4 Å². The number of amides is 2. The molecule has 0 fully saturated rings. The number of benzene rings is 3. The van der Waals surface area contributed by atoms with Crippen molar-refractivity contribution in [1.29, 1.82) is 0 Å². The molecule has 3 aromatic carbocycles. The van der Waals surface area contributed by atoms with Crippen LogP contribution in [0, 0.1) is 13.8 Å². The van der Waals surface area contributed by atoms with Gasteiger partial charge >= 0.3 is 0 Å². The first-order valence-electron chi connectivity index (χ1n) is 9.25. The molecule has 0 saturated heterocycles. The highest BCUT2D eigenvalue weighted by atomic mass is 79.9. The lowest BCUT2D eigenvalue weighted by atomic mass is 10.1. The Bertz CT molecular complexity index is 1110. The summed E-state index contributed by atoms with van der Waals surface area (Å²) in [6.45, 7) is 3.77. The number of hydrogen-bond acceptors (Lipinski definition) is 2. The van der Waals surface area contributed by atoms with Crippen molar-refractivity contribution in [3.05, 3.63) is 104 Å². The lowest BCUT2D eigenvalue weighted by Crippen LogP contribution is -2.31. The molecule has 0 spiro atoms. The summed E-state index contributed by atoms with van der Waals surface area (Å²) < 4.78 is 0.920. The number of hydrogen-bond donors (Lipinski definition) is 2. The zero-order valence-electron chi connectivity index (χ0n) is 16.5. The van der Waals surface area contributed by atoms with Crippen LogP contribution >= 0.6 is 27.5 Å². The van der Waals surface area contributed by atoms with E-state index >= 15 is 0 Å². The number of carbonyl (C=O) groups excluding carboxylic acids is 2. The van der Waals surface area contributed by atoms with Crippen molar-refractivity contribution >= 4 is 51.1 Å². The van der Waals surface area contributed by atoms with Gasteiger partial charge in [-0.2, -0.15) is 0 Å². The van der Waals surface area contributed by atoms with Crippen LogP contribution in [-0.2, 0) is 4.79 Å². The summed E-state index contributed by atoms with van der Waals surface area (Å²) in [6, 6.07) is 19.8. The van der Waals surface area contributed by atoms with E-state index in [9.17, 15) is 9.59 Å². The quantitative estimate of drug-likeness (QED) is 0.429. The molecular weight excluding hydrogens is 464 g/mol. The smallest absolute Gasteiger partial charge is 0.272 e. The fourth-order valence-corrected chi connectivity index (χ4v) is 3.15. The van der Waals surface area contributed by atoms with Crippen LogP contribution in [0.2, 0.25) is 5.02 Å². The maximum absolute atomic E-state index is 13.0. The predicted molar refractivity (Wildman–Crippen MR) is 126 cm³/mol. The minimum Gasteiger partial charge on any atom is -0.320 e. The number of nitrogens with one attached hydrogen (secondary N) is 2. The fourth-order valence-electron chi connectivity index (χ4n) is 2.72. The second-order valence-corrected chi connectivity index (χ2v) is 8.12. The molecule has 3 rings (SSSR count). The topological polar surface area (TPSA) is 58.2 Å². The van der Waals surface area contributed by atoms with Gasteiger partial charge in [-0.15, -0.1) is 0 Å². The third-order valence-corrected chi connectivity index (χ3v) is 5.44. The number of aryl methyl sites for hydroxylation is 1. The average molecular weight is 484 g/mol.